The van der Waals surface area contributed by atoms with Gasteiger partial charge in [-0.3, -0.25) is 9.36 Å². The van der Waals surface area contributed by atoms with Crippen molar-refractivity contribution in [3.63, 3.8) is 0 Å². The summed E-state index contributed by atoms with van der Waals surface area (Å²) < 4.78 is 15.2. The largest absolute Gasteiger partial charge is 0.393 e. The molecule has 1 aromatic heterocycles. The summed E-state index contributed by atoms with van der Waals surface area (Å²) in [5.74, 6) is -0.557. The van der Waals surface area contributed by atoms with Crippen LogP contribution in [0.15, 0.2) is 34.0 Å². The van der Waals surface area contributed by atoms with E-state index >= 15 is 0 Å². The van der Waals surface area contributed by atoms with Crippen LogP contribution in [-0.4, -0.2) is 9.13 Å². The molecule has 1 heterocycles. The molecule has 0 unspecified atom stereocenters. The third-order valence-electron chi connectivity index (χ3n) is 2.68. The third-order valence-corrected chi connectivity index (χ3v) is 2.97. The van der Waals surface area contributed by atoms with Crippen LogP contribution in [0.5, 0.6) is 0 Å². The van der Waals surface area contributed by atoms with Crippen LogP contribution in [0, 0.1) is 5.82 Å². The smallest absolute Gasteiger partial charge is 0.331 e. The number of rotatable bonds is 2. The number of halogens is 2. The summed E-state index contributed by atoms with van der Waals surface area (Å²) in [5, 5.41) is -0.0636. The number of hydrogen-bond donors (Lipinski definition) is 1. The molecule has 0 amide bonds. The standard InChI is InChI=1S/C12H11ClFN3O2/c1-16-6-10(15)11(18)17(12(16)19)5-7-2-3-9(14)8(13)4-7/h2-4,6H,5,15H2,1H3. The van der Waals surface area contributed by atoms with E-state index in [9.17, 15) is 14.0 Å². The first kappa shape index (κ1) is 13.4. The Bertz CT molecular complexity index is 717. The van der Waals surface area contributed by atoms with Gasteiger partial charge in [-0.2, -0.15) is 0 Å². The van der Waals surface area contributed by atoms with Crippen LogP contribution in [0.25, 0.3) is 0 Å². The second-order valence-electron chi connectivity index (χ2n) is 4.12. The van der Waals surface area contributed by atoms with Crippen LogP contribution >= 0.6 is 11.6 Å². The molecule has 0 fully saturated rings. The topological polar surface area (TPSA) is 70.0 Å². The lowest BCUT2D eigenvalue weighted by molar-refractivity contribution is 0.621. The van der Waals surface area contributed by atoms with Crippen LogP contribution in [-0.2, 0) is 13.6 Å². The predicted octanol–water partition coefficient (Wildman–Crippen LogP) is 0.970. The Morgan fingerprint density at radius 1 is 1.37 bits per heavy atom. The molecule has 0 bridgehead atoms. The van der Waals surface area contributed by atoms with E-state index < -0.39 is 17.1 Å². The van der Waals surface area contributed by atoms with Crippen molar-refractivity contribution in [3.8, 4) is 0 Å². The normalized spacial score (nSPS) is 10.7. The molecule has 7 heteroatoms. The molecule has 1 aromatic carbocycles. The fraction of sp³-hybridized carbons (Fsp3) is 0.167. The lowest BCUT2D eigenvalue weighted by Crippen LogP contribution is -2.39. The fourth-order valence-electron chi connectivity index (χ4n) is 1.71. The molecular weight excluding hydrogens is 273 g/mol. The number of nitrogen functional groups attached to an aromatic ring is 1. The van der Waals surface area contributed by atoms with E-state index in [1.807, 2.05) is 0 Å². The molecule has 0 aliphatic carbocycles. The number of benzene rings is 1. The highest BCUT2D eigenvalue weighted by molar-refractivity contribution is 6.30. The Balaban J connectivity index is 2.52. The molecule has 100 valence electrons. The minimum absolute atomic E-state index is 0.0173. The Kier molecular flexibility index (Phi) is 3.44. The van der Waals surface area contributed by atoms with Crippen molar-refractivity contribution in [1.29, 1.82) is 0 Å². The van der Waals surface area contributed by atoms with Gasteiger partial charge in [-0.25, -0.2) is 9.18 Å². The van der Waals surface area contributed by atoms with Gasteiger partial charge in [0.25, 0.3) is 5.56 Å². The van der Waals surface area contributed by atoms with E-state index in [4.69, 9.17) is 17.3 Å². The van der Waals surface area contributed by atoms with Crippen molar-refractivity contribution >= 4 is 17.3 Å². The third kappa shape index (κ3) is 2.53. The van der Waals surface area contributed by atoms with E-state index in [1.165, 1.54) is 36.0 Å². The van der Waals surface area contributed by atoms with Crippen molar-refractivity contribution < 1.29 is 4.39 Å². The van der Waals surface area contributed by atoms with Gasteiger partial charge in [-0.15, -0.1) is 0 Å². The van der Waals surface area contributed by atoms with Gasteiger partial charge in [0.15, 0.2) is 0 Å². The molecule has 2 N–H and O–H groups in total. The van der Waals surface area contributed by atoms with Crippen LogP contribution in [0.4, 0.5) is 10.1 Å². The Morgan fingerprint density at radius 3 is 2.68 bits per heavy atom. The van der Waals surface area contributed by atoms with Gasteiger partial charge >= 0.3 is 5.69 Å². The second kappa shape index (κ2) is 4.89. The number of aromatic nitrogens is 2. The zero-order valence-corrected chi connectivity index (χ0v) is 10.8. The number of anilines is 1. The SMILES string of the molecule is Cn1cc(N)c(=O)n(Cc2ccc(F)c(Cl)c2)c1=O. The Hall–Kier alpha value is -2.08. The molecule has 2 rings (SSSR count). The van der Waals surface area contributed by atoms with Gasteiger partial charge in [-0.05, 0) is 17.7 Å². The van der Waals surface area contributed by atoms with Crippen molar-refractivity contribution in [2.75, 3.05) is 5.73 Å². The monoisotopic (exact) mass is 283 g/mol. The zero-order valence-electron chi connectivity index (χ0n) is 10.1. The number of aryl methyl sites for hydroxylation is 1. The van der Waals surface area contributed by atoms with E-state index in [0.29, 0.717) is 5.56 Å². The molecule has 0 aliphatic heterocycles. The number of nitrogens with two attached hydrogens (primary N) is 1. The maximum atomic E-state index is 13.0. The lowest BCUT2D eigenvalue weighted by atomic mass is 10.2. The van der Waals surface area contributed by atoms with Gasteiger partial charge in [0.2, 0.25) is 0 Å². The van der Waals surface area contributed by atoms with E-state index in [-0.39, 0.29) is 17.3 Å². The molecule has 0 saturated carbocycles. The summed E-state index contributed by atoms with van der Waals surface area (Å²) in [6.45, 7) is -0.0173. The summed E-state index contributed by atoms with van der Waals surface area (Å²) in [7, 11) is 1.49. The van der Waals surface area contributed by atoms with E-state index in [1.54, 1.807) is 0 Å². The second-order valence-corrected chi connectivity index (χ2v) is 4.52. The molecule has 0 atom stereocenters. The first-order valence-electron chi connectivity index (χ1n) is 5.40. The van der Waals surface area contributed by atoms with Crippen molar-refractivity contribution in [3.05, 3.63) is 61.6 Å². The highest BCUT2D eigenvalue weighted by Gasteiger charge is 2.09. The average Bonchev–Trinajstić information content (AvgIpc) is 2.36. The van der Waals surface area contributed by atoms with Gasteiger partial charge in [0.1, 0.15) is 11.5 Å². The number of hydrogen-bond acceptors (Lipinski definition) is 3. The highest BCUT2D eigenvalue weighted by Crippen LogP contribution is 2.16. The van der Waals surface area contributed by atoms with Crippen LogP contribution < -0.4 is 17.0 Å². The van der Waals surface area contributed by atoms with E-state index in [0.717, 1.165) is 4.57 Å². The molecule has 0 saturated heterocycles. The van der Waals surface area contributed by atoms with Crippen molar-refractivity contribution in [2.24, 2.45) is 7.05 Å². The molecule has 0 aliphatic rings. The minimum Gasteiger partial charge on any atom is -0.393 e. The van der Waals surface area contributed by atoms with Crippen LogP contribution in [0.3, 0.4) is 0 Å². The summed E-state index contributed by atoms with van der Waals surface area (Å²) >= 11 is 5.65. The van der Waals surface area contributed by atoms with Crippen LogP contribution in [0.1, 0.15) is 5.56 Å². The quantitative estimate of drug-likeness (QED) is 0.893. The molecular formula is C12H11ClFN3O2. The predicted molar refractivity (Wildman–Crippen MR) is 70.9 cm³/mol. The summed E-state index contributed by atoms with van der Waals surface area (Å²) in [6.07, 6.45) is 1.26. The van der Waals surface area contributed by atoms with Gasteiger partial charge in [-0.1, -0.05) is 17.7 Å². The van der Waals surface area contributed by atoms with Crippen LogP contribution in [0.2, 0.25) is 5.02 Å². The number of nitrogens with zero attached hydrogens (tertiary/aromatic N) is 2. The molecule has 19 heavy (non-hydrogen) atoms. The van der Waals surface area contributed by atoms with Gasteiger partial charge < -0.3 is 10.3 Å². The zero-order chi connectivity index (χ0) is 14.2. The average molecular weight is 284 g/mol. The summed E-state index contributed by atoms with van der Waals surface area (Å²) in [6, 6.07) is 4.00. The van der Waals surface area contributed by atoms with Crippen molar-refractivity contribution in [2.45, 2.75) is 6.54 Å². The first-order valence-corrected chi connectivity index (χ1v) is 5.78. The summed E-state index contributed by atoms with van der Waals surface area (Å²) in [5.41, 5.74) is 4.94. The maximum Gasteiger partial charge on any atom is 0.331 e. The lowest BCUT2D eigenvalue weighted by Gasteiger charge is -2.08. The fourth-order valence-corrected chi connectivity index (χ4v) is 1.92. The minimum atomic E-state index is -0.580. The molecule has 2 aromatic rings. The Morgan fingerprint density at radius 2 is 2.05 bits per heavy atom. The van der Waals surface area contributed by atoms with Crippen molar-refractivity contribution in [1.82, 2.24) is 9.13 Å². The molecule has 0 radical (unpaired) electrons. The molecule has 5 nitrogen and oxygen atoms in total. The van der Waals surface area contributed by atoms with Gasteiger partial charge in [0, 0.05) is 13.2 Å². The highest BCUT2D eigenvalue weighted by atomic mass is 35.5. The van der Waals surface area contributed by atoms with Gasteiger partial charge in [0.05, 0.1) is 11.6 Å². The van der Waals surface area contributed by atoms with E-state index in [2.05, 4.69) is 0 Å². The molecule has 0 spiro atoms. The maximum absolute atomic E-state index is 13.0. The first-order chi connectivity index (χ1) is 8.90. The Labute approximate surface area is 112 Å². The summed E-state index contributed by atoms with van der Waals surface area (Å²) in [4.78, 5) is 23.7.